The molecule has 0 spiro atoms. The molecule has 26 heavy (non-hydrogen) atoms. The van der Waals surface area contributed by atoms with Gasteiger partial charge in [0.25, 0.3) is 5.91 Å². The number of halogens is 1. The minimum atomic E-state index is -0.221. The normalized spacial score (nSPS) is 14.6. The van der Waals surface area contributed by atoms with Crippen LogP contribution in [0.5, 0.6) is 11.6 Å². The van der Waals surface area contributed by atoms with Crippen LogP contribution in [0.25, 0.3) is 0 Å². The number of aromatic nitrogens is 1. The van der Waals surface area contributed by atoms with E-state index in [1.165, 1.54) is 0 Å². The first-order valence-electron chi connectivity index (χ1n) is 8.82. The molecule has 1 aliphatic carbocycles. The van der Waals surface area contributed by atoms with E-state index in [4.69, 9.17) is 21.1 Å². The minimum Gasteiger partial charge on any atom is -0.497 e. The van der Waals surface area contributed by atoms with E-state index >= 15 is 0 Å². The molecule has 2 aromatic rings. The number of benzene rings is 1. The van der Waals surface area contributed by atoms with Crippen molar-refractivity contribution in [3.63, 3.8) is 0 Å². The van der Waals surface area contributed by atoms with Crippen molar-refractivity contribution in [2.24, 2.45) is 5.92 Å². The summed E-state index contributed by atoms with van der Waals surface area (Å²) in [6.45, 7) is 4.42. The van der Waals surface area contributed by atoms with Gasteiger partial charge in [0.2, 0.25) is 5.88 Å². The maximum atomic E-state index is 13.3. The monoisotopic (exact) mass is 374 g/mol. The molecule has 1 atom stereocenters. The molecule has 6 heteroatoms. The molecule has 138 valence electrons. The summed E-state index contributed by atoms with van der Waals surface area (Å²) < 4.78 is 10.7. The summed E-state index contributed by atoms with van der Waals surface area (Å²) in [5.41, 5.74) is 1.01. The lowest BCUT2D eigenvalue weighted by atomic mass is 10.1. The molecule has 1 heterocycles. The van der Waals surface area contributed by atoms with Crippen molar-refractivity contribution in [2.45, 2.75) is 32.7 Å². The lowest BCUT2D eigenvalue weighted by molar-refractivity contribution is 0.0970. The summed E-state index contributed by atoms with van der Waals surface area (Å²) in [6.07, 6.45) is 2.25. The molecule has 0 unspecified atom stereocenters. The van der Waals surface area contributed by atoms with Crippen LogP contribution < -0.4 is 14.4 Å². The molecule has 3 rings (SSSR count). The zero-order valence-electron chi connectivity index (χ0n) is 15.2. The van der Waals surface area contributed by atoms with Crippen LogP contribution in [0.1, 0.15) is 37.2 Å². The Morgan fingerprint density at radius 2 is 1.96 bits per heavy atom. The molecule has 1 saturated carbocycles. The largest absolute Gasteiger partial charge is 0.497 e. The Morgan fingerprint density at radius 1 is 1.27 bits per heavy atom. The highest BCUT2D eigenvalue weighted by Gasteiger charge is 2.36. The average molecular weight is 375 g/mol. The Morgan fingerprint density at radius 3 is 2.54 bits per heavy atom. The van der Waals surface area contributed by atoms with Gasteiger partial charge in [-0.3, -0.25) is 4.79 Å². The third-order valence-electron chi connectivity index (χ3n) is 4.60. The molecule has 0 radical (unpaired) electrons. The number of hydrogen-bond acceptors (Lipinski definition) is 4. The van der Waals surface area contributed by atoms with E-state index in [1.54, 1.807) is 24.1 Å². The summed E-state index contributed by atoms with van der Waals surface area (Å²) in [5, 5.41) is 0.319. The molecule has 0 saturated heterocycles. The van der Waals surface area contributed by atoms with Gasteiger partial charge in [-0.25, -0.2) is 4.98 Å². The molecule has 5 nitrogen and oxygen atoms in total. The molecule has 1 aromatic heterocycles. The van der Waals surface area contributed by atoms with E-state index in [0.29, 0.717) is 23.4 Å². The average Bonchev–Trinajstić information content (AvgIpc) is 3.49. The van der Waals surface area contributed by atoms with Crippen LogP contribution in [0.3, 0.4) is 0 Å². The lowest BCUT2D eigenvalue weighted by Gasteiger charge is -2.29. The Kier molecular flexibility index (Phi) is 5.67. The van der Waals surface area contributed by atoms with E-state index in [9.17, 15) is 4.79 Å². The molecule has 1 fully saturated rings. The van der Waals surface area contributed by atoms with Gasteiger partial charge in [-0.1, -0.05) is 11.6 Å². The number of carbonyl (C=O) groups is 1. The second-order valence-corrected chi connectivity index (χ2v) is 6.77. The number of hydrogen-bond donors (Lipinski definition) is 0. The van der Waals surface area contributed by atoms with Crippen LogP contribution in [0.15, 0.2) is 36.4 Å². The number of amides is 1. The smallest absolute Gasteiger partial charge is 0.278 e. The quantitative estimate of drug-likeness (QED) is 0.711. The predicted octanol–water partition coefficient (Wildman–Crippen LogP) is 4.59. The first-order chi connectivity index (χ1) is 12.5. The van der Waals surface area contributed by atoms with Gasteiger partial charge >= 0.3 is 0 Å². The van der Waals surface area contributed by atoms with E-state index in [2.05, 4.69) is 11.9 Å². The van der Waals surface area contributed by atoms with Crippen molar-refractivity contribution in [3.8, 4) is 11.6 Å². The SMILES string of the molecule is CCOc1ccc(Cl)c(C(=O)N(c2ccc(OC)cc2)[C@H](C)C2CC2)n1. The first kappa shape index (κ1) is 18.5. The Hall–Kier alpha value is -2.27. The fourth-order valence-corrected chi connectivity index (χ4v) is 3.17. The molecule has 0 aliphatic heterocycles. The van der Waals surface area contributed by atoms with Crippen LogP contribution >= 0.6 is 11.6 Å². The summed E-state index contributed by atoms with van der Waals surface area (Å²) in [6, 6.07) is 10.9. The zero-order valence-corrected chi connectivity index (χ0v) is 16.0. The Bertz CT molecular complexity index is 775. The first-order valence-corrected chi connectivity index (χ1v) is 9.20. The fourth-order valence-electron chi connectivity index (χ4n) is 2.99. The summed E-state index contributed by atoms with van der Waals surface area (Å²) in [4.78, 5) is 19.5. The van der Waals surface area contributed by atoms with Gasteiger partial charge in [-0.15, -0.1) is 0 Å². The van der Waals surface area contributed by atoms with Crippen molar-refractivity contribution >= 4 is 23.2 Å². The summed E-state index contributed by atoms with van der Waals surface area (Å²) in [5.74, 6) is 1.42. The van der Waals surface area contributed by atoms with Crippen LogP contribution in [-0.2, 0) is 0 Å². The Balaban J connectivity index is 1.98. The number of rotatable bonds is 7. The highest BCUT2D eigenvalue weighted by molar-refractivity contribution is 6.34. The molecule has 1 aliphatic rings. The number of pyridine rings is 1. The second-order valence-electron chi connectivity index (χ2n) is 6.36. The number of methoxy groups -OCH3 is 1. The van der Waals surface area contributed by atoms with Crippen LogP contribution in [0.2, 0.25) is 5.02 Å². The zero-order chi connectivity index (χ0) is 18.7. The molecular formula is C20H23ClN2O3. The topological polar surface area (TPSA) is 51.7 Å². The molecule has 0 N–H and O–H groups in total. The maximum Gasteiger partial charge on any atom is 0.278 e. The number of ether oxygens (including phenoxy) is 2. The van der Waals surface area contributed by atoms with E-state index in [1.807, 2.05) is 31.2 Å². The minimum absolute atomic E-state index is 0.0597. The standard InChI is InChI=1S/C20H23ClN2O3/c1-4-26-18-12-11-17(21)19(22-18)20(24)23(13(2)14-5-6-14)15-7-9-16(25-3)10-8-15/h7-14H,4-6H2,1-3H3/t13-/m1/s1. The molecule has 0 bridgehead atoms. The van der Waals surface area contributed by atoms with E-state index in [0.717, 1.165) is 24.3 Å². The number of anilines is 1. The van der Waals surface area contributed by atoms with Crippen molar-refractivity contribution in [3.05, 3.63) is 47.1 Å². The molecule has 1 amide bonds. The summed E-state index contributed by atoms with van der Waals surface area (Å²) >= 11 is 6.28. The molecule has 1 aromatic carbocycles. The van der Waals surface area contributed by atoms with E-state index < -0.39 is 0 Å². The fraction of sp³-hybridized carbons (Fsp3) is 0.400. The molecular weight excluding hydrogens is 352 g/mol. The lowest BCUT2D eigenvalue weighted by Crippen LogP contribution is -2.40. The summed E-state index contributed by atoms with van der Waals surface area (Å²) in [7, 11) is 1.62. The number of carbonyl (C=O) groups excluding carboxylic acids is 1. The Labute approximate surface area is 158 Å². The number of nitrogens with zero attached hydrogens (tertiary/aromatic N) is 2. The van der Waals surface area contributed by atoms with Gasteiger partial charge < -0.3 is 14.4 Å². The highest BCUT2D eigenvalue weighted by Crippen LogP contribution is 2.38. The van der Waals surface area contributed by atoms with Gasteiger partial charge in [0.1, 0.15) is 5.75 Å². The van der Waals surface area contributed by atoms with Gasteiger partial charge in [-0.05, 0) is 62.9 Å². The van der Waals surface area contributed by atoms with Crippen molar-refractivity contribution in [2.75, 3.05) is 18.6 Å². The van der Waals surface area contributed by atoms with Crippen molar-refractivity contribution in [1.82, 2.24) is 4.98 Å². The third kappa shape index (κ3) is 3.93. The van der Waals surface area contributed by atoms with Crippen LogP contribution in [0.4, 0.5) is 5.69 Å². The predicted molar refractivity (Wildman–Crippen MR) is 102 cm³/mol. The van der Waals surface area contributed by atoms with Gasteiger partial charge in [0.15, 0.2) is 5.69 Å². The second kappa shape index (κ2) is 7.96. The van der Waals surface area contributed by atoms with Crippen molar-refractivity contribution in [1.29, 1.82) is 0 Å². The van der Waals surface area contributed by atoms with Crippen LogP contribution in [0, 0.1) is 5.92 Å². The highest BCUT2D eigenvalue weighted by atomic mass is 35.5. The maximum absolute atomic E-state index is 13.3. The van der Waals surface area contributed by atoms with Gasteiger partial charge in [0.05, 0.1) is 18.7 Å². The van der Waals surface area contributed by atoms with Crippen LogP contribution in [-0.4, -0.2) is 30.6 Å². The van der Waals surface area contributed by atoms with Gasteiger partial charge in [0, 0.05) is 17.8 Å². The van der Waals surface area contributed by atoms with Gasteiger partial charge in [-0.2, -0.15) is 0 Å². The third-order valence-corrected chi connectivity index (χ3v) is 4.90. The van der Waals surface area contributed by atoms with Crippen molar-refractivity contribution < 1.29 is 14.3 Å². The van der Waals surface area contributed by atoms with E-state index in [-0.39, 0.29) is 17.6 Å².